The summed E-state index contributed by atoms with van der Waals surface area (Å²) >= 11 is 12.3. The van der Waals surface area contributed by atoms with Crippen molar-refractivity contribution in [1.29, 1.82) is 0 Å². The molecule has 162 valence electrons. The van der Waals surface area contributed by atoms with Crippen molar-refractivity contribution in [2.75, 3.05) is 5.32 Å². The molecular formula is C19H20Cl2N8O2. The molecular weight excluding hydrogens is 443 g/mol. The number of nitrogens with zero attached hydrogens (tertiary/aromatic N) is 5. The predicted molar refractivity (Wildman–Crippen MR) is 117 cm³/mol. The third-order valence-corrected chi connectivity index (χ3v) is 4.65. The molecule has 0 aliphatic carbocycles. The Labute approximate surface area is 188 Å². The van der Waals surface area contributed by atoms with Gasteiger partial charge in [-0.05, 0) is 39.0 Å². The van der Waals surface area contributed by atoms with Gasteiger partial charge < -0.3 is 16.0 Å². The summed E-state index contributed by atoms with van der Waals surface area (Å²) in [5, 5.41) is 12.6. The first-order chi connectivity index (χ1) is 14.8. The number of halogens is 2. The highest BCUT2D eigenvalue weighted by Crippen LogP contribution is 2.29. The SMILES string of the molecule is CC(C)NC(=O)c1cc(NC(=O)NC(C)c2ncnn2-c2ncccn2)c(Cl)cc1Cl. The van der Waals surface area contributed by atoms with E-state index in [9.17, 15) is 9.59 Å². The van der Waals surface area contributed by atoms with Gasteiger partial charge in [-0.3, -0.25) is 4.79 Å². The zero-order chi connectivity index (χ0) is 22.5. The zero-order valence-corrected chi connectivity index (χ0v) is 18.4. The smallest absolute Gasteiger partial charge is 0.319 e. The maximum Gasteiger partial charge on any atom is 0.319 e. The van der Waals surface area contributed by atoms with Gasteiger partial charge in [-0.15, -0.1) is 0 Å². The van der Waals surface area contributed by atoms with E-state index in [1.165, 1.54) is 23.1 Å². The Hall–Kier alpha value is -3.24. The number of anilines is 1. The van der Waals surface area contributed by atoms with E-state index in [2.05, 4.69) is 36.0 Å². The van der Waals surface area contributed by atoms with Crippen molar-refractivity contribution in [2.45, 2.75) is 32.9 Å². The van der Waals surface area contributed by atoms with Gasteiger partial charge in [0, 0.05) is 18.4 Å². The van der Waals surface area contributed by atoms with Crippen LogP contribution in [0, 0.1) is 0 Å². The van der Waals surface area contributed by atoms with Crippen molar-refractivity contribution in [3.8, 4) is 5.95 Å². The van der Waals surface area contributed by atoms with Crippen LogP contribution >= 0.6 is 23.2 Å². The summed E-state index contributed by atoms with van der Waals surface area (Å²) in [5.41, 5.74) is 0.432. The number of carbonyl (C=O) groups is 2. The van der Waals surface area contributed by atoms with Crippen LogP contribution in [0.25, 0.3) is 5.95 Å². The molecule has 1 atom stereocenters. The second-order valence-corrected chi connectivity index (χ2v) is 7.65. The van der Waals surface area contributed by atoms with Crippen molar-refractivity contribution in [3.05, 3.63) is 58.4 Å². The molecule has 0 saturated carbocycles. The number of amides is 3. The Kier molecular flexibility index (Phi) is 7.03. The third kappa shape index (κ3) is 5.47. The molecule has 12 heteroatoms. The van der Waals surface area contributed by atoms with Crippen LogP contribution in [0.4, 0.5) is 10.5 Å². The minimum atomic E-state index is -0.560. The number of benzene rings is 1. The van der Waals surface area contributed by atoms with E-state index < -0.39 is 12.1 Å². The molecule has 3 amide bonds. The quantitative estimate of drug-likeness (QED) is 0.515. The number of nitrogens with one attached hydrogen (secondary N) is 3. The van der Waals surface area contributed by atoms with E-state index >= 15 is 0 Å². The van der Waals surface area contributed by atoms with Crippen LogP contribution in [0.5, 0.6) is 0 Å². The molecule has 1 unspecified atom stereocenters. The number of hydrogen-bond acceptors (Lipinski definition) is 6. The lowest BCUT2D eigenvalue weighted by Gasteiger charge is -2.16. The lowest BCUT2D eigenvalue weighted by atomic mass is 10.1. The van der Waals surface area contributed by atoms with Crippen molar-refractivity contribution in [2.24, 2.45) is 0 Å². The van der Waals surface area contributed by atoms with E-state index in [4.69, 9.17) is 23.2 Å². The van der Waals surface area contributed by atoms with Crippen LogP contribution in [0.1, 0.15) is 43.0 Å². The first-order valence-electron chi connectivity index (χ1n) is 9.31. The maximum atomic E-state index is 12.6. The third-order valence-electron chi connectivity index (χ3n) is 4.02. The predicted octanol–water partition coefficient (Wildman–Crippen LogP) is 3.39. The first-order valence-corrected chi connectivity index (χ1v) is 10.1. The zero-order valence-electron chi connectivity index (χ0n) is 16.9. The van der Waals surface area contributed by atoms with Gasteiger partial charge in [-0.2, -0.15) is 9.78 Å². The molecule has 1 aromatic carbocycles. The van der Waals surface area contributed by atoms with Gasteiger partial charge in [-0.1, -0.05) is 23.2 Å². The summed E-state index contributed by atoms with van der Waals surface area (Å²) in [5.74, 6) is 0.385. The van der Waals surface area contributed by atoms with Crippen LogP contribution in [0.3, 0.4) is 0 Å². The lowest BCUT2D eigenvalue weighted by Crippen LogP contribution is -2.33. The maximum absolute atomic E-state index is 12.6. The fourth-order valence-corrected chi connectivity index (χ4v) is 3.19. The Morgan fingerprint density at radius 1 is 1.00 bits per heavy atom. The van der Waals surface area contributed by atoms with Crippen LogP contribution in [-0.4, -0.2) is 42.7 Å². The minimum Gasteiger partial charge on any atom is -0.350 e. The second kappa shape index (κ2) is 9.71. The van der Waals surface area contributed by atoms with Gasteiger partial charge in [-0.25, -0.2) is 19.7 Å². The Bertz CT molecular complexity index is 1090. The Balaban J connectivity index is 1.74. The Morgan fingerprint density at radius 2 is 1.71 bits per heavy atom. The Morgan fingerprint density at radius 3 is 2.39 bits per heavy atom. The van der Waals surface area contributed by atoms with Crippen LogP contribution in [0.15, 0.2) is 36.9 Å². The first kappa shape index (κ1) is 22.4. The normalized spacial score (nSPS) is 11.8. The highest BCUT2D eigenvalue weighted by atomic mass is 35.5. The molecule has 3 rings (SSSR count). The number of aromatic nitrogens is 5. The number of hydrogen-bond donors (Lipinski definition) is 3. The molecule has 0 bridgehead atoms. The largest absolute Gasteiger partial charge is 0.350 e. The minimum absolute atomic E-state index is 0.0780. The van der Waals surface area contributed by atoms with Crippen molar-refractivity contribution in [3.63, 3.8) is 0 Å². The molecule has 0 aliphatic rings. The highest BCUT2D eigenvalue weighted by molar-refractivity contribution is 6.38. The van der Waals surface area contributed by atoms with Crippen LogP contribution < -0.4 is 16.0 Å². The molecule has 0 spiro atoms. The topological polar surface area (TPSA) is 127 Å². The summed E-state index contributed by atoms with van der Waals surface area (Å²) in [6.45, 7) is 5.39. The van der Waals surface area contributed by atoms with E-state index in [1.807, 2.05) is 13.8 Å². The summed E-state index contributed by atoms with van der Waals surface area (Å²) in [6.07, 6.45) is 4.50. The molecule has 3 aromatic rings. The lowest BCUT2D eigenvalue weighted by molar-refractivity contribution is 0.0943. The highest BCUT2D eigenvalue weighted by Gasteiger charge is 2.20. The average Bonchev–Trinajstić information content (AvgIpc) is 3.20. The molecule has 31 heavy (non-hydrogen) atoms. The van der Waals surface area contributed by atoms with E-state index in [0.717, 1.165) is 0 Å². The van der Waals surface area contributed by atoms with Gasteiger partial charge in [0.1, 0.15) is 6.33 Å². The van der Waals surface area contributed by atoms with Gasteiger partial charge in [0.05, 0.1) is 27.3 Å². The number of urea groups is 1. The molecule has 2 heterocycles. The average molecular weight is 463 g/mol. The van der Waals surface area contributed by atoms with E-state index in [0.29, 0.717) is 11.8 Å². The van der Waals surface area contributed by atoms with Crippen molar-refractivity contribution < 1.29 is 9.59 Å². The van der Waals surface area contributed by atoms with Crippen LogP contribution in [0.2, 0.25) is 10.0 Å². The molecule has 3 N–H and O–H groups in total. The molecule has 10 nitrogen and oxygen atoms in total. The van der Waals surface area contributed by atoms with Crippen molar-refractivity contribution >= 4 is 40.8 Å². The van der Waals surface area contributed by atoms with Gasteiger partial charge in [0.2, 0.25) is 0 Å². The van der Waals surface area contributed by atoms with Crippen LogP contribution in [-0.2, 0) is 0 Å². The van der Waals surface area contributed by atoms with E-state index in [-0.39, 0.29) is 33.2 Å². The second-order valence-electron chi connectivity index (χ2n) is 6.84. The monoisotopic (exact) mass is 462 g/mol. The van der Waals surface area contributed by atoms with Gasteiger partial charge in [0.15, 0.2) is 5.82 Å². The van der Waals surface area contributed by atoms with E-state index in [1.54, 1.807) is 25.4 Å². The molecule has 0 fully saturated rings. The molecule has 0 radical (unpaired) electrons. The van der Waals surface area contributed by atoms with Crippen molar-refractivity contribution in [1.82, 2.24) is 35.4 Å². The summed E-state index contributed by atoms with van der Waals surface area (Å²) in [6, 6.07) is 3.33. The fraction of sp³-hybridized carbons (Fsp3) is 0.263. The molecule has 0 aliphatic heterocycles. The molecule has 0 saturated heterocycles. The standard InChI is InChI=1S/C19H20Cl2N8O2/c1-10(2)26-17(30)12-7-15(14(21)8-13(12)20)28-19(31)27-11(3)16-24-9-25-29(16)18-22-5-4-6-23-18/h4-11H,1-3H3,(H,26,30)(H2,27,28,31). The summed E-state index contributed by atoms with van der Waals surface area (Å²) in [7, 11) is 0. The summed E-state index contributed by atoms with van der Waals surface area (Å²) in [4.78, 5) is 37.3. The summed E-state index contributed by atoms with van der Waals surface area (Å²) < 4.78 is 1.43. The number of carbonyl (C=O) groups excluding carboxylic acids is 2. The fourth-order valence-electron chi connectivity index (χ4n) is 2.68. The van der Waals surface area contributed by atoms with Gasteiger partial charge in [0.25, 0.3) is 11.9 Å². The van der Waals surface area contributed by atoms with Gasteiger partial charge >= 0.3 is 6.03 Å². The molecule has 2 aromatic heterocycles. The number of rotatable bonds is 6.